The van der Waals surface area contributed by atoms with Crippen molar-refractivity contribution in [1.82, 2.24) is 19.7 Å². The van der Waals surface area contributed by atoms with E-state index in [1.54, 1.807) is 23.3 Å². The van der Waals surface area contributed by atoms with Crippen molar-refractivity contribution in [2.45, 2.75) is 19.4 Å². The number of hydrogen-bond acceptors (Lipinski definition) is 5. The molecule has 0 fully saturated rings. The van der Waals surface area contributed by atoms with E-state index in [2.05, 4.69) is 15.1 Å². The van der Waals surface area contributed by atoms with Crippen LogP contribution in [-0.4, -0.2) is 32.8 Å². The summed E-state index contributed by atoms with van der Waals surface area (Å²) in [6, 6.07) is 9.47. The van der Waals surface area contributed by atoms with Crippen molar-refractivity contribution in [3.8, 4) is 22.4 Å². The normalized spacial score (nSPS) is 11.9. The van der Waals surface area contributed by atoms with Crippen LogP contribution in [0.3, 0.4) is 0 Å². The van der Waals surface area contributed by atoms with Gasteiger partial charge in [0.15, 0.2) is 0 Å². The smallest absolute Gasteiger partial charge is 0.330 e. The number of carbonyl (C=O) groups is 1. The van der Waals surface area contributed by atoms with E-state index in [1.807, 2.05) is 37.3 Å². The molecule has 2 heterocycles. The van der Waals surface area contributed by atoms with Gasteiger partial charge in [0.25, 0.3) is 0 Å². The van der Waals surface area contributed by atoms with Crippen molar-refractivity contribution in [2.24, 2.45) is 0 Å². The Bertz CT molecular complexity index is 830. The lowest BCUT2D eigenvalue weighted by atomic mass is 10.0. The molecular formula is C18H18N4O2. The maximum Gasteiger partial charge on any atom is 0.330 e. The molecule has 0 aliphatic rings. The second-order valence-electron chi connectivity index (χ2n) is 5.34. The lowest BCUT2D eigenvalue weighted by Crippen LogP contribution is -2.20. The molecule has 1 atom stereocenters. The second-order valence-corrected chi connectivity index (χ2v) is 5.34. The predicted molar refractivity (Wildman–Crippen MR) is 90.0 cm³/mol. The second kappa shape index (κ2) is 7.04. The first-order chi connectivity index (χ1) is 11.7. The average Bonchev–Trinajstić information content (AvgIpc) is 3.13. The highest BCUT2D eigenvalue weighted by Crippen LogP contribution is 2.25. The lowest BCUT2D eigenvalue weighted by Gasteiger charge is -2.12. The van der Waals surface area contributed by atoms with E-state index < -0.39 is 6.04 Å². The number of hydrogen-bond donors (Lipinski definition) is 0. The van der Waals surface area contributed by atoms with Gasteiger partial charge in [0.05, 0.1) is 12.8 Å². The van der Waals surface area contributed by atoms with E-state index in [4.69, 9.17) is 4.74 Å². The highest BCUT2D eigenvalue weighted by molar-refractivity contribution is 5.74. The molecule has 0 spiro atoms. The third kappa shape index (κ3) is 3.17. The Morgan fingerprint density at radius 1 is 1.17 bits per heavy atom. The van der Waals surface area contributed by atoms with E-state index in [1.165, 1.54) is 13.4 Å². The molecule has 0 aliphatic heterocycles. The first-order valence-electron chi connectivity index (χ1n) is 7.71. The maximum atomic E-state index is 11.8. The van der Waals surface area contributed by atoms with Crippen molar-refractivity contribution >= 4 is 5.97 Å². The lowest BCUT2D eigenvalue weighted by molar-refractivity contribution is -0.145. The summed E-state index contributed by atoms with van der Waals surface area (Å²) in [5, 5.41) is 4.54. The van der Waals surface area contributed by atoms with E-state index in [0.29, 0.717) is 6.42 Å². The highest BCUT2D eigenvalue weighted by atomic mass is 16.5. The molecule has 2 aromatic heterocycles. The number of ether oxygens (including phenoxy) is 1. The summed E-state index contributed by atoms with van der Waals surface area (Å²) in [5.41, 5.74) is 3.73. The third-order valence-corrected chi connectivity index (χ3v) is 3.84. The number of esters is 1. The molecule has 0 amide bonds. The number of carbonyl (C=O) groups excluding carboxylic acids is 1. The molecule has 1 unspecified atom stereocenters. The fourth-order valence-electron chi connectivity index (χ4n) is 2.57. The van der Waals surface area contributed by atoms with E-state index in [-0.39, 0.29) is 5.97 Å². The Kier molecular flexibility index (Phi) is 4.65. The van der Waals surface area contributed by atoms with Crippen molar-refractivity contribution in [2.75, 3.05) is 7.11 Å². The van der Waals surface area contributed by atoms with Gasteiger partial charge in [0.1, 0.15) is 12.4 Å². The molecule has 3 rings (SSSR count). The zero-order valence-electron chi connectivity index (χ0n) is 13.6. The molecule has 0 saturated heterocycles. The first kappa shape index (κ1) is 15.9. The van der Waals surface area contributed by atoms with Gasteiger partial charge in [-0.1, -0.05) is 25.1 Å². The van der Waals surface area contributed by atoms with Crippen LogP contribution in [-0.2, 0) is 9.53 Å². The van der Waals surface area contributed by atoms with Crippen LogP contribution in [0.15, 0.2) is 55.2 Å². The van der Waals surface area contributed by atoms with Gasteiger partial charge < -0.3 is 4.74 Å². The van der Waals surface area contributed by atoms with Crippen LogP contribution in [0.4, 0.5) is 0 Å². The Hall–Kier alpha value is -3.02. The number of aromatic nitrogens is 4. The third-order valence-electron chi connectivity index (χ3n) is 3.84. The zero-order chi connectivity index (χ0) is 16.9. The van der Waals surface area contributed by atoms with Gasteiger partial charge in [-0.15, -0.1) is 0 Å². The number of methoxy groups -OCH3 is 1. The van der Waals surface area contributed by atoms with Crippen LogP contribution < -0.4 is 0 Å². The van der Waals surface area contributed by atoms with Crippen LogP contribution in [0, 0.1) is 0 Å². The van der Waals surface area contributed by atoms with Crippen LogP contribution >= 0.6 is 0 Å². The van der Waals surface area contributed by atoms with Crippen LogP contribution in [0.1, 0.15) is 19.4 Å². The molecule has 24 heavy (non-hydrogen) atoms. The largest absolute Gasteiger partial charge is 0.467 e. The summed E-state index contributed by atoms with van der Waals surface area (Å²) in [6.45, 7) is 1.93. The summed E-state index contributed by atoms with van der Waals surface area (Å²) in [4.78, 5) is 19.9. The molecule has 0 saturated carbocycles. The van der Waals surface area contributed by atoms with Gasteiger partial charge in [0, 0.05) is 29.7 Å². The molecule has 3 aromatic rings. The van der Waals surface area contributed by atoms with Gasteiger partial charge in [-0.05, 0) is 24.1 Å². The molecule has 0 N–H and O–H groups in total. The fraction of sp³-hybridized carbons (Fsp3) is 0.222. The SMILES string of the molecule is CCC(C(=O)OC)n1ccc(-c2cccc(-c3cncnc3)c2)n1. The number of rotatable bonds is 5. The minimum Gasteiger partial charge on any atom is -0.467 e. The minimum atomic E-state index is -0.408. The van der Waals surface area contributed by atoms with E-state index in [0.717, 1.165) is 22.4 Å². The maximum absolute atomic E-state index is 11.8. The fourth-order valence-corrected chi connectivity index (χ4v) is 2.57. The monoisotopic (exact) mass is 322 g/mol. The zero-order valence-corrected chi connectivity index (χ0v) is 13.6. The summed E-state index contributed by atoms with van der Waals surface area (Å²) >= 11 is 0. The molecular weight excluding hydrogens is 304 g/mol. The summed E-state index contributed by atoms with van der Waals surface area (Å²) in [6.07, 6.45) is 7.48. The number of nitrogens with zero attached hydrogens (tertiary/aromatic N) is 4. The Balaban J connectivity index is 1.92. The van der Waals surface area contributed by atoms with Gasteiger partial charge in [-0.3, -0.25) is 4.68 Å². The Labute approximate surface area is 140 Å². The van der Waals surface area contributed by atoms with Crippen molar-refractivity contribution in [3.05, 3.63) is 55.2 Å². The standard InChI is InChI=1S/C18H18N4O2/c1-3-17(18(23)24-2)22-8-7-16(21-22)14-6-4-5-13(9-14)15-10-19-12-20-11-15/h4-12,17H,3H2,1-2H3. The van der Waals surface area contributed by atoms with Crippen molar-refractivity contribution in [3.63, 3.8) is 0 Å². The van der Waals surface area contributed by atoms with Gasteiger partial charge in [-0.25, -0.2) is 14.8 Å². The topological polar surface area (TPSA) is 69.9 Å². The van der Waals surface area contributed by atoms with Crippen LogP contribution in [0.2, 0.25) is 0 Å². The summed E-state index contributed by atoms with van der Waals surface area (Å²) < 4.78 is 6.49. The van der Waals surface area contributed by atoms with E-state index in [9.17, 15) is 4.79 Å². The molecule has 0 bridgehead atoms. The van der Waals surface area contributed by atoms with Crippen molar-refractivity contribution < 1.29 is 9.53 Å². The number of benzene rings is 1. The molecule has 122 valence electrons. The Morgan fingerprint density at radius 2 is 1.92 bits per heavy atom. The van der Waals surface area contributed by atoms with Gasteiger partial charge >= 0.3 is 5.97 Å². The molecule has 6 nitrogen and oxygen atoms in total. The van der Waals surface area contributed by atoms with Crippen LogP contribution in [0.5, 0.6) is 0 Å². The average molecular weight is 322 g/mol. The molecule has 0 aliphatic carbocycles. The highest BCUT2D eigenvalue weighted by Gasteiger charge is 2.20. The van der Waals surface area contributed by atoms with Gasteiger partial charge in [-0.2, -0.15) is 5.10 Å². The van der Waals surface area contributed by atoms with Gasteiger partial charge in [0.2, 0.25) is 0 Å². The van der Waals surface area contributed by atoms with Crippen LogP contribution in [0.25, 0.3) is 22.4 Å². The predicted octanol–water partition coefficient (Wildman–Crippen LogP) is 3.13. The first-order valence-corrected chi connectivity index (χ1v) is 7.71. The molecule has 6 heteroatoms. The molecule has 1 aromatic carbocycles. The van der Waals surface area contributed by atoms with Crippen molar-refractivity contribution in [1.29, 1.82) is 0 Å². The summed E-state index contributed by atoms with van der Waals surface area (Å²) in [7, 11) is 1.39. The minimum absolute atomic E-state index is 0.290. The summed E-state index contributed by atoms with van der Waals surface area (Å²) in [5.74, 6) is -0.290. The van der Waals surface area contributed by atoms with E-state index >= 15 is 0 Å². The molecule has 0 radical (unpaired) electrons. The Morgan fingerprint density at radius 3 is 2.62 bits per heavy atom. The quantitative estimate of drug-likeness (QED) is 0.675.